The topological polar surface area (TPSA) is 20.2 Å². The Bertz CT molecular complexity index is 151. The minimum Gasteiger partial charge on any atom is -0.392 e. The fourth-order valence-electron chi connectivity index (χ4n) is 1.48. The standard InChI is InChI=1S/C10H18O/c1-4-7(2)5-10(11)9-6-8(9)3/h8-11H,2,4-6H2,1,3H3. The molecule has 1 aliphatic carbocycles. The molecule has 0 aliphatic heterocycles. The van der Waals surface area contributed by atoms with E-state index in [0.717, 1.165) is 18.8 Å². The second-order valence-corrected chi connectivity index (χ2v) is 3.75. The van der Waals surface area contributed by atoms with Gasteiger partial charge in [-0.3, -0.25) is 0 Å². The summed E-state index contributed by atoms with van der Waals surface area (Å²) in [5, 5.41) is 9.60. The minimum absolute atomic E-state index is 0.113. The molecule has 1 aliphatic rings. The fourth-order valence-corrected chi connectivity index (χ4v) is 1.48. The molecule has 0 aromatic rings. The second-order valence-electron chi connectivity index (χ2n) is 3.75. The molecule has 0 radical (unpaired) electrons. The Morgan fingerprint density at radius 3 is 2.64 bits per heavy atom. The average Bonchev–Trinajstić information content (AvgIpc) is 2.66. The van der Waals surface area contributed by atoms with Gasteiger partial charge in [-0.05, 0) is 31.1 Å². The van der Waals surface area contributed by atoms with Gasteiger partial charge in [0, 0.05) is 0 Å². The molecule has 1 heteroatoms. The predicted molar refractivity (Wildman–Crippen MR) is 47.3 cm³/mol. The van der Waals surface area contributed by atoms with Crippen molar-refractivity contribution in [2.75, 3.05) is 0 Å². The van der Waals surface area contributed by atoms with Gasteiger partial charge in [-0.15, -0.1) is 0 Å². The first-order chi connectivity index (χ1) is 5.15. The zero-order chi connectivity index (χ0) is 8.43. The summed E-state index contributed by atoms with van der Waals surface area (Å²) in [6.07, 6.45) is 2.90. The number of hydrogen-bond acceptors (Lipinski definition) is 1. The van der Waals surface area contributed by atoms with Crippen molar-refractivity contribution in [1.82, 2.24) is 0 Å². The molecule has 1 saturated carbocycles. The number of hydrogen-bond donors (Lipinski definition) is 1. The van der Waals surface area contributed by atoms with Crippen molar-refractivity contribution < 1.29 is 5.11 Å². The molecule has 3 atom stereocenters. The van der Waals surface area contributed by atoms with Crippen LogP contribution in [0.5, 0.6) is 0 Å². The first-order valence-electron chi connectivity index (χ1n) is 4.49. The van der Waals surface area contributed by atoms with Gasteiger partial charge in [-0.25, -0.2) is 0 Å². The van der Waals surface area contributed by atoms with Crippen molar-refractivity contribution in [1.29, 1.82) is 0 Å². The number of rotatable bonds is 4. The highest BCUT2D eigenvalue weighted by atomic mass is 16.3. The van der Waals surface area contributed by atoms with E-state index in [-0.39, 0.29) is 6.10 Å². The van der Waals surface area contributed by atoms with Gasteiger partial charge >= 0.3 is 0 Å². The van der Waals surface area contributed by atoms with E-state index in [4.69, 9.17) is 0 Å². The molecule has 1 nitrogen and oxygen atoms in total. The summed E-state index contributed by atoms with van der Waals surface area (Å²) in [4.78, 5) is 0. The summed E-state index contributed by atoms with van der Waals surface area (Å²) < 4.78 is 0. The van der Waals surface area contributed by atoms with Crippen LogP contribution in [0.2, 0.25) is 0 Å². The number of aliphatic hydroxyl groups excluding tert-OH is 1. The van der Waals surface area contributed by atoms with E-state index in [1.807, 2.05) is 0 Å². The van der Waals surface area contributed by atoms with Gasteiger partial charge in [0.1, 0.15) is 0 Å². The molecule has 0 spiro atoms. The fraction of sp³-hybridized carbons (Fsp3) is 0.800. The number of aliphatic hydroxyl groups is 1. The lowest BCUT2D eigenvalue weighted by atomic mass is 10.0. The summed E-state index contributed by atoms with van der Waals surface area (Å²) in [6.45, 7) is 8.17. The molecular formula is C10H18O. The average molecular weight is 154 g/mol. The van der Waals surface area contributed by atoms with Crippen LogP contribution in [0.1, 0.15) is 33.1 Å². The lowest BCUT2D eigenvalue weighted by Gasteiger charge is -2.09. The Morgan fingerprint density at radius 1 is 1.73 bits per heavy atom. The molecular weight excluding hydrogens is 136 g/mol. The summed E-state index contributed by atoms with van der Waals surface area (Å²) in [5.41, 5.74) is 1.18. The van der Waals surface area contributed by atoms with Gasteiger partial charge < -0.3 is 5.11 Å². The highest BCUT2D eigenvalue weighted by molar-refractivity contribution is 4.99. The Kier molecular flexibility index (Phi) is 2.72. The molecule has 1 N–H and O–H groups in total. The molecule has 11 heavy (non-hydrogen) atoms. The Labute approximate surface area is 69.1 Å². The summed E-state index contributed by atoms with van der Waals surface area (Å²) >= 11 is 0. The third kappa shape index (κ3) is 2.33. The van der Waals surface area contributed by atoms with Crippen LogP contribution in [0.25, 0.3) is 0 Å². The van der Waals surface area contributed by atoms with Crippen LogP contribution in [0.3, 0.4) is 0 Å². The molecule has 1 rings (SSSR count). The van der Waals surface area contributed by atoms with Gasteiger partial charge in [0.05, 0.1) is 6.10 Å². The van der Waals surface area contributed by atoms with Gasteiger partial charge in [0.15, 0.2) is 0 Å². The van der Waals surface area contributed by atoms with Crippen LogP contribution in [0.4, 0.5) is 0 Å². The lowest BCUT2D eigenvalue weighted by molar-refractivity contribution is 0.145. The van der Waals surface area contributed by atoms with Crippen molar-refractivity contribution in [2.45, 2.75) is 39.2 Å². The molecule has 64 valence electrons. The van der Waals surface area contributed by atoms with Crippen molar-refractivity contribution in [2.24, 2.45) is 11.8 Å². The largest absolute Gasteiger partial charge is 0.392 e. The normalized spacial score (nSPS) is 31.5. The summed E-state index contributed by atoms with van der Waals surface area (Å²) in [5.74, 6) is 1.31. The van der Waals surface area contributed by atoms with E-state index in [2.05, 4.69) is 20.4 Å². The van der Waals surface area contributed by atoms with Crippen molar-refractivity contribution >= 4 is 0 Å². The van der Waals surface area contributed by atoms with Crippen LogP contribution >= 0.6 is 0 Å². The molecule has 0 aromatic carbocycles. The quantitative estimate of drug-likeness (QED) is 0.616. The first-order valence-corrected chi connectivity index (χ1v) is 4.49. The SMILES string of the molecule is C=C(CC)CC(O)C1CC1C. The van der Waals surface area contributed by atoms with Crippen LogP contribution < -0.4 is 0 Å². The molecule has 0 heterocycles. The van der Waals surface area contributed by atoms with Crippen LogP contribution in [0.15, 0.2) is 12.2 Å². The highest BCUT2D eigenvalue weighted by Crippen LogP contribution is 2.42. The third-order valence-electron chi connectivity index (χ3n) is 2.66. The van der Waals surface area contributed by atoms with E-state index in [9.17, 15) is 5.11 Å². The Hall–Kier alpha value is -0.300. The predicted octanol–water partition coefficient (Wildman–Crippen LogP) is 2.36. The maximum atomic E-state index is 9.60. The van der Waals surface area contributed by atoms with Crippen LogP contribution in [-0.4, -0.2) is 11.2 Å². The first kappa shape index (κ1) is 8.79. The molecule has 1 fully saturated rings. The van der Waals surface area contributed by atoms with Gasteiger partial charge in [-0.1, -0.05) is 26.0 Å². The Balaban J connectivity index is 2.21. The van der Waals surface area contributed by atoms with Crippen molar-refractivity contribution in [3.05, 3.63) is 12.2 Å². The van der Waals surface area contributed by atoms with Crippen molar-refractivity contribution in [3.8, 4) is 0 Å². The van der Waals surface area contributed by atoms with Gasteiger partial charge in [0.2, 0.25) is 0 Å². The molecule has 0 bridgehead atoms. The molecule has 0 saturated heterocycles. The molecule has 3 unspecified atom stereocenters. The zero-order valence-corrected chi connectivity index (χ0v) is 7.51. The van der Waals surface area contributed by atoms with E-state index in [0.29, 0.717) is 5.92 Å². The third-order valence-corrected chi connectivity index (χ3v) is 2.66. The maximum Gasteiger partial charge on any atom is 0.0608 e. The highest BCUT2D eigenvalue weighted by Gasteiger charge is 2.38. The summed E-state index contributed by atoms with van der Waals surface area (Å²) in [6, 6.07) is 0. The second kappa shape index (κ2) is 3.40. The Morgan fingerprint density at radius 2 is 2.27 bits per heavy atom. The van der Waals surface area contributed by atoms with Crippen LogP contribution in [0, 0.1) is 11.8 Å². The molecule has 0 aromatic heterocycles. The van der Waals surface area contributed by atoms with Crippen molar-refractivity contribution in [3.63, 3.8) is 0 Å². The smallest absolute Gasteiger partial charge is 0.0608 e. The van der Waals surface area contributed by atoms with Gasteiger partial charge in [0.25, 0.3) is 0 Å². The minimum atomic E-state index is -0.113. The van der Waals surface area contributed by atoms with Crippen LogP contribution in [-0.2, 0) is 0 Å². The maximum absolute atomic E-state index is 9.60. The van der Waals surface area contributed by atoms with Gasteiger partial charge in [-0.2, -0.15) is 0 Å². The zero-order valence-electron chi connectivity index (χ0n) is 7.51. The van der Waals surface area contributed by atoms with E-state index < -0.39 is 0 Å². The van der Waals surface area contributed by atoms with E-state index in [1.165, 1.54) is 12.0 Å². The van der Waals surface area contributed by atoms with E-state index in [1.54, 1.807) is 0 Å². The summed E-state index contributed by atoms with van der Waals surface area (Å²) in [7, 11) is 0. The van der Waals surface area contributed by atoms with E-state index >= 15 is 0 Å². The lowest BCUT2D eigenvalue weighted by Crippen LogP contribution is -2.10. The molecule has 0 amide bonds. The monoisotopic (exact) mass is 154 g/mol.